The Kier molecular flexibility index (Phi) is 4.40. The average molecular weight is 305 g/mol. The zero-order valence-corrected chi connectivity index (χ0v) is 12.4. The molecule has 1 aliphatic rings. The molecule has 0 spiro atoms. The molecule has 1 heterocycles. The van der Waals surface area contributed by atoms with Crippen molar-refractivity contribution in [3.05, 3.63) is 52.0 Å². The molecule has 1 aromatic carbocycles. The van der Waals surface area contributed by atoms with Gasteiger partial charge in [-0.25, -0.2) is 4.39 Å². The molecule has 1 fully saturated rings. The molecule has 0 amide bonds. The van der Waals surface area contributed by atoms with Gasteiger partial charge in [-0.2, -0.15) is 11.3 Å². The van der Waals surface area contributed by atoms with Crippen molar-refractivity contribution in [3.63, 3.8) is 0 Å². The van der Waals surface area contributed by atoms with Crippen molar-refractivity contribution < 1.29 is 14.4 Å². The van der Waals surface area contributed by atoms with Crippen LogP contribution in [0.4, 0.5) is 4.39 Å². The molecule has 21 heavy (non-hydrogen) atoms. The SMILES string of the molecule is OB(O)c1cc(F)cc(CN(Cc2ccsc2)C2CC2)c1. The van der Waals surface area contributed by atoms with Gasteiger partial charge in [-0.3, -0.25) is 4.90 Å². The number of rotatable bonds is 6. The molecule has 1 aromatic heterocycles. The predicted molar refractivity (Wildman–Crippen MR) is 82.8 cm³/mol. The van der Waals surface area contributed by atoms with Crippen LogP contribution in [0, 0.1) is 5.82 Å². The summed E-state index contributed by atoms with van der Waals surface area (Å²) in [6, 6.07) is 6.95. The average Bonchev–Trinajstić information content (AvgIpc) is 3.16. The molecule has 3 nitrogen and oxygen atoms in total. The van der Waals surface area contributed by atoms with Crippen LogP contribution in [0.15, 0.2) is 35.0 Å². The molecule has 0 radical (unpaired) electrons. The molecule has 1 aliphatic carbocycles. The number of hydrogen-bond acceptors (Lipinski definition) is 4. The molecular formula is C15H17BFNO2S. The third-order valence-electron chi connectivity index (χ3n) is 3.69. The highest BCUT2D eigenvalue weighted by atomic mass is 32.1. The van der Waals surface area contributed by atoms with E-state index < -0.39 is 12.9 Å². The van der Waals surface area contributed by atoms with E-state index >= 15 is 0 Å². The first kappa shape index (κ1) is 14.7. The summed E-state index contributed by atoms with van der Waals surface area (Å²) in [5, 5.41) is 22.6. The van der Waals surface area contributed by atoms with Gasteiger partial charge < -0.3 is 10.0 Å². The molecule has 2 aromatic rings. The molecule has 0 saturated heterocycles. The van der Waals surface area contributed by atoms with E-state index in [1.807, 2.05) is 0 Å². The lowest BCUT2D eigenvalue weighted by Crippen LogP contribution is -2.31. The second-order valence-corrected chi connectivity index (χ2v) is 6.31. The van der Waals surface area contributed by atoms with E-state index in [4.69, 9.17) is 0 Å². The molecule has 110 valence electrons. The summed E-state index contributed by atoms with van der Waals surface area (Å²) in [7, 11) is -1.63. The van der Waals surface area contributed by atoms with Crippen molar-refractivity contribution >= 4 is 23.9 Å². The summed E-state index contributed by atoms with van der Waals surface area (Å²) in [5.41, 5.74) is 2.25. The van der Waals surface area contributed by atoms with Gasteiger partial charge in [-0.15, -0.1) is 0 Å². The quantitative estimate of drug-likeness (QED) is 0.799. The summed E-state index contributed by atoms with van der Waals surface area (Å²) < 4.78 is 13.6. The number of thiophene rings is 1. The van der Waals surface area contributed by atoms with Crippen molar-refractivity contribution in [1.29, 1.82) is 0 Å². The zero-order valence-electron chi connectivity index (χ0n) is 11.6. The standard InChI is InChI=1S/C15H17BFNO2S/c17-14-6-12(5-13(7-14)16(19)20)9-18(15-1-2-15)8-11-3-4-21-10-11/h3-7,10,15,19-20H,1-2,8-9H2. The van der Waals surface area contributed by atoms with E-state index in [-0.39, 0.29) is 5.46 Å². The van der Waals surface area contributed by atoms with Crippen molar-refractivity contribution in [2.75, 3.05) is 0 Å². The van der Waals surface area contributed by atoms with E-state index in [0.29, 0.717) is 12.6 Å². The first-order chi connectivity index (χ1) is 10.1. The van der Waals surface area contributed by atoms with Gasteiger partial charge in [0.1, 0.15) is 5.82 Å². The normalized spacial score (nSPS) is 14.7. The zero-order chi connectivity index (χ0) is 14.8. The molecule has 0 unspecified atom stereocenters. The Balaban J connectivity index is 1.76. The van der Waals surface area contributed by atoms with Crippen LogP contribution in [-0.4, -0.2) is 28.1 Å². The maximum absolute atomic E-state index is 13.6. The number of nitrogens with zero attached hydrogens (tertiary/aromatic N) is 1. The minimum Gasteiger partial charge on any atom is -0.423 e. The summed E-state index contributed by atoms with van der Waals surface area (Å²) >= 11 is 1.68. The van der Waals surface area contributed by atoms with Crippen LogP contribution in [0.5, 0.6) is 0 Å². The van der Waals surface area contributed by atoms with Crippen LogP contribution in [-0.2, 0) is 13.1 Å². The van der Waals surface area contributed by atoms with Crippen LogP contribution in [0.1, 0.15) is 24.0 Å². The maximum atomic E-state index is 13.6. The van der Waals surface area contributed by atoms with Crippen LogP contribution < -0.4 is 5.46 Å². The topological polar surface area (TPSA) is 43.7 Å². The van der Waals surface area contributed by atoms with Crippen molar-refractivity contribution in [3.8, 4) is 0 Å². The monoisotopic (exact) mass is 305 g/mol. The van der Waals surface area contributed by atoms with Gasteiger partial charge in [0.05, 0.1) is 0 Å². The van der Waals surface area contributed by atoms with Crippen LogP contribution in [0.2, 0.25) is 0 Å². The van der Waals surface area contributed by atoms with Crippen LogP contribution in [0.25, 0.3) is 0 Å². The second-order valence-electron chi connectivity index (χ2n) is 5.53. The molecule has 0 atom stereocenters. The third-order valence-corrected chi connectivity index (χ3v) is 4.42. The highest BCUT2D eigenvalue weighted by Gasteiger charge is 2.29. The second kappa shape index (κ2) is 6.28. The third kappa shape index (κ3) is 3.92. The number of halogens is 1. The lowest BCUT2D eigenvalue weighted by molar-refractivity contribution is 0.246. The van der Waals surface area contributed by atoms with E-state index in [1.165, 1.54) is 24.5 Å². The van der Waals surface area contributed by atoms with Crippen molar-refractivity contribution in [2.24, 2.45) is 0 Å². The molecule has 2 N–H and O–H groups in total. The summed E-state index contributed by atoms with van der Waals surface area (Å²) in [6.07, 6.45) is 2.35. The Hall–Kier alpha value is -1.21. The highest BCUT2D eigenvalue weighted by Crippen LogP contribution is 2.30. The Morgan fingerprint density at radius 1 is 1.19 bits per heavy atom. The molecular weight excluding hydrogens is 288 g/mol. The Morgan fingerprint density at radius 2 is 1.95 bits per heavy atom. The highest BCUT2D eigenvalue weighted by molar-refractivity contribution is 7.07. The summed E-state index contributed by atoms with van der Waals surface area (Å²) in [6.45, 7) is 1.47. The fraction of sp³-hybridized carbons (Fsp3) is 0.333. The minimum absolute atomic E-state index is 0.205. The molecule has 0 aliphatic heterocycles. The van der Waals surface area contributed by atoms with Crippen molar-refractivity contribution in [1.82, 2.24) is 4.90 Å². The summed E-state index contributed by atoms with van der Waals surface area (Å²) in [4.78, 5) is 2.32. The van der Waals surface area contributed by atoms with Crippen molar-refractivity contribution in [2.45, 2.75) is 32.0 Å². The lowest BCUT2D eigenvalue weighted by atomic mass is 9.79. The first-order valence-corrected chi connectivity index (χ1v) is 7.97. The Morgan fingerprint density at radius 3 is 2.57 bits per heavy atom. The van der Waals surface area contributed by atoms with Gasteiger partial charge in [0.2, 0.25) is 0 Å². The molecule has 1 saturated carbocycles. The maximum Gasteiger partial charge on any atom is 0.488 e. The van der Waals surface area contributed by atoms with Crippen LogP contribution in [0.3, 0.4) is 0 Å². The molecule has 3 rings (SSSR count). The molecule has 0 bridgehead atoms. The van der Waals surface area contributed by atoms with E-state index in [9.17, 15) is 14.4 Å². The Labute approximate surface area is 127 Å². The van der Waals surface area contributed by atoms with Crippen LogP contribution >= 0.6 is 11.3 Å². The minimum atomic E-state index is -1.63. The van der Waals surface area contributed by atoms with E-state index in [1.54, 1.807) is 17.4 Å². The largest absolute Gasteiger partial charge is 0.488 e. The van der Waals surface area contributed by atoms with Gasteiger partial charge in [0.15, 0.2) is 0 Å². The fourth-order valence-electron chi connectivity index (χ4n) is 2.52. The molecule has 6 heteroatoms. The number of hydrogen-bond donors (Lipinski definition) is 2. The Bertz CT molecular complexity index is 602. The van der Waals surface area contributed by atoms with E-state index in [0.717, 1.165) is 18.2 Å². The smallest absolute Gasteiger partial charge is 0.423 e. The number of benzene rings is 1. The van der Waals surface area contributed by atoms with Gasteiger partial charge in [0.25, 0.3) is 0 Å². The lowest BCUT2D eigenvalue weighted by Gasteiger charge is -2.22. The van der Waals surface area contributed by atoms with E-state index in [2.05, 4.69) is 21.7 Å². The first-order valence-electron chi connectivity index (χ1n) is 7.02. The predicted octanol–water partition coefficient (Wildman–Crippen LogP) is 1.73. The van der Waals surface area contributed by atoms with Gasteiger partial charge in [-0.1, -0.05) is 6.07 Å². The van der Waals surface area contributed by atoms with Gasteiger partial charge in [0, 0.05) is 19.1 Å². The summed E-state index contributed by atoms with van der Waals surface area (Å²) in [5.74, 6) is -0.429. The fourth-order valence-corrected chi connectivity index (χ4v) is 3.18. The van der Waals surface area contributed by atoms with Gasteiger partial charge in [-0.05, 0) is 58.4 Å². The van der Waals surface area contributed by atoms with Gasteiger partial charge >= 0.3 is 7.12 Å².